The molecular weight excluding hydrogens is 364 g/mol. The summed E-state index contributed by atoms with van der Waals surface area (Å²) < 4.78 is 52.5. The first kappa shape index (κ1) is 21.2. The maximum Gasteiger partial charge on any atom is 0.391 e. The fourth-order valence-electron chi connectivity index (χ4n) is 3.31. The molecule has 0 saturated heterocycles. The van der Waals surface area contributed by atoms with Crippen LogP contribution in [0.4, 0.5) is 17.6 Å². The topological polar surface area (TPSA) is 58.2 Å². The number of benzene rings is 1. The zero-order chi connectivity index (χ0) is 20.2. The smallest absolute Gasteiger partial charge is 0.352 e. The van der Waals surface area contributed by atoms with Gasteiger partial charge in [0.05, 0.1) is 11.5 Å². The molecule has 4 nitrogen and oxygen atoms in total. The molecule has 3 atom stereocenters. The van der Waals surface area contributed by atoms with Gasteiger partial charge >= 0.3 is 6.18 Å². The molecule has 1 saturated carbocycles. The summed E-state index contributed by atoms with van der Waals surface area (Å²) >= 11 is 0. The molecule has 2 N–H and O–H groups in total. The number of nitrogens with one attached hydrogen (secondary N) is 2. The molecule has 2 amide bonds. The van der Waals surface area contributed by atoms with Gasteiger partial charge in [-0.15, -0.1) is 0 Å². The van der Waals surface area contributed by atoms with Crippen LogP contribution in [-0.4, -0.2) is 30.1 Å². The number of halogens is 4. The average Bonchev–Trinajstić information content (AvgIpc) is 2.59. The van der Waals surface area contributed by atoms with Crippen LogP contribution in [0.2, 0.25) is 0 Å². The van der Waals surface area contributed by atoms with Gasteiger partial charge in [0.1, 0.15) is 11.9 Å². The highest BCUT2D eigenvalue weighted by Gasteiger charge is 2.42. The van der Waals surface area contributed by atoms with E-state index >= 15 is 0 Å². The zero-order valence-electron chi connectivity index (χ0n) is 15.3. The van der Waals surface area contributed by atoms with Crippen molar-refractivity contribution in [3.8, 4) is 0 Å². The predicted molar refractivity (Wildman–Crippen MR) is 92.4 cm³/mol. The Bertz CT molecular complexity index is 676. The summed E-state index contributed by atoms with van der Waals surface area (Å²) in [6.07, 6.45) is -3.54. The molecule has 1 aromatic rings. The first-order valence-electron chi connectivity index (χ1n) is 9.02. The zero-order valence-corrected chi connectivity index (χ0v) is 15.3. The summed E-state index contributed by atoms with van der Waals surface area (Å²) in [5.41, 5.74) is -0.189. The summed E-state index contributed by atoms with van der Waals surface area (Å²) in [6.45, 7) is 3.40. The Kier molecular flexibility index (Phi) is 6.84. The molecule has 2 rings (SSSR count). The van der Waals surface area contributed by atoms with Crippen molar-refractivity contribution in [2.75, 3.05) is 0 Å². The van der Waals surface area contributed by atoms with Crippen LogP contribution in [0.3, 0.4) is 0 Å². The van der Waals surface area contributed by atoms with E-state index < -0.39 is 41.8 Å². The van der Waals surface area contributed by atoms with Crippen molar-refractivity contribution in [3.05, 3.63) is 35.6 Å². The number of hydrogen-bond donors (Lipinski definition) is 2. The normalized spacial score (nSPS) is 21.6. The molecule has 0 radical (unpaired) electrons. The van der Waals surface area contributed by atoms with E-state index in [0.29, 0.717) is 12.8 Å². The Labute approximate surface area is 155 Å². The third-order valence-corrected chi connectivity index (χ3v) is 4.84. The van der Waals surface area contributed by atoms with Crippen LogP contribution in [0, 0.1) is 17.7 Å². The van der Waals surface area contributed by atoms with Crippen LogP contribution in [0.15, 0.2) is 24.3 Å². The number of rotatable bonds is 5. The molecule has 1 aliphatic rings. The van der Waals surface area contributed by atoms with Crippen molar-refractivity contribution in [2.24, 2.45) is 11.8 Å². The molecule has 150 valence electrons. The summed E-state index contributed by atoms with van der Waals surface area (Å²) in [7, 11) is 0. The molecule has 0 bridgehead atoms. The van der Waals surface area contributed by atoms with Crippen LogP contribution >= 0.6 is 0 Å². The van der Waals surface area contributed by atoms with Crippen molar-refractivity contribution in [3.63, 3.8) is 0 Å². The van der Waals surface area contributed by atoms with Gasteiger partial charge in [0.25, 0.3) is 5.91 Å². The lowest BCUT2D eigenvalue weighted by Crippen LogP contribution is -2.53. The quantitative estimate of drug-likeness (QED) is 0.754. The number of alkyl halides is 3. The molecular formula is C19H24F4N2O2. The summed E-state index contributed by atoms with van der Waals surface area (Å²) in [5.74, 6) is -3.75. The highest BCUT2D eigenvalue weighted by molar-refractivity contribution is 5.97. The fraction of sp³-hybridized carbons (Fsp3) is 0.579. The van der Waals surface area contributed by atoms with E-state index in [1.165, 1.54) is 18.2 Å². The molecule has 0 spiro atoms. The Morgan fingerprint density at radius 2 is 1.81 bits per heavy atom. The van der Waals surface area contributed by atoms with E-state index in [2.05, 4.69) is 10.6 Å². The second-order valence-corrected chi connectivity index (χ2v) is 7.29. The predicted octanol–water partition coefficient (Wildman–Crippen LogP) is 3.82. The Morgan fingerprint density at radius 1 is 1.15 bits per heavy atom. The largest absolute Gasteiger partial charge is 0.391 e. The molecule has 0 heterocycles. The fourth-order valence-corrected chi connectivity index (χ4v) is 3.31. The van der Waals surface area contributed by atoms with Gasteiger partial charge in [-0.1, -0.05) is 32.4 Å². The van der Waals surface area contributed by atoms with E-state index in [1.54, 1.807) is 13.8 Å². The second kappa shape index (κ2) is 8.71. The van der Waals surface area contributed by atoms with Gasteiger partial charge in [0, 0.05) is 6.04 Å². The lowest BCUT2D eigenvalue weighted by Gasteiger charge is -2.32. The summed E-state index contributed by atoms with van der Waals surface area (Å²) in [5, 5.41) is 5.12. The molecule has 1 aromatic carbocycles. The minimum atomic E-state index is -4.28. The van der Waals surface area contributed by atoms with Gasteiger partial charge in [0.2, 0.25) is 5.91 Å². The average molecular weight is 388 g/mol. The molecule has 0 aliphatic heterocycles. The monoisotopic (exact) mass is 388 g/mol. The lowest BCUT2D eigenvalue weighted by atomic mass is 9.85. The molecule has 8 heteroatoms. The Morgan fingerprint density at radius 3 is 2.41 bits per heavy atom. The summed E-state index contributed by atoms with van der Waals surface area (Å²) in [4.78, 5) is 24.8. The van der Waals surface area contributed by atoms with Crippen LogP contribution in [0.5, 0.6) is 0 Å². The third kappa shape index (κ3) is 5.68. The van der Waals surface area contributed by atoms with Crippen molar-refractivity contribution in [2.45, 2.75) is 57.8 Å². The highest BCUT2D eigenvalue weighted by Crippen LogP contribution is 2.37. The maximum atomic E-state index is 13.8. The van der Waals surface area contributed by atoms with E-state index in [1.807, 2.05) is 0 Å². The number of carbonyl (C=O) groups excluding carboxylic acids is 2. The van der Waals surface area contributed by atoms with E-state index in [-0.39, 0.29) is 24.3 Å². The van der Waals surface area contributed by atoms with Gasteiger partial charge in [-0.3, -0.25) is 9.59 Å². The van der Waals surface area contributed by atoms with Gasteiger partial charge in [-0.25, -0.2) is 4.39 Å². The van der Waals surface area contributed by atoms with Crippen molar-refractivity contribution >= 4 is 11.8 Å². The van der Waals surface area contributed by atoms with Gasteiger partial charge in [-0.2, -0.15) is 13.2 Å². The van der Waals surface area contributed by atoms with Gasteiger partial charge in [0.15, 0.2) is 0 Å². The highest BCUT2D eigenvalue weighted by atomic mass is 19.4. The molecule has 0 aromatic heterocycles. The van der Waals surface area contributed by atoms with Crippen LogP contribution in [0.1, 0.15) is 49.9 Å². The van der Waals surface area contributed by atoms with Gasteiger partial charge in [-0.05, 0) is 37.3 Å². The Hall–Kier alpha value is -2.12. The first-order valence-corrected chi connectivity index (χ1v) is 9.02. The van der Waals surface area contributed by atoms with Crippen LogP contribution < -0.4 is 10.6 Å². The van der Waals surface area contributed by atoms with E-state index in [0.717, 1.165) is 6.07 Å². The first-order chi connectivity index (χ1) is 12.6. The van der Waals surface area contributed by atoms with Gasteiger partial charge < -0.3 is 10.6 Å². The van der Waals surface area contributed by atoms with E-state index in [9.17, 15) is 27.2 Å². The second-order valence-electron chi connectivity index (χ2n) is 7.29. The van der Waals surface area contributed by atoms with Crippen LogP contribution in [0.25, 0.3) is 0 Å². The van der Waals surface area contributed by atoms with Crippen molar-refractivity contribution < 1.29 is 27.2 Å². The van der Waals surface area contributed by atoms with Crippen molar-refractivity contribution in [1.82, 2.24) is 10.6 Å². The Balaban J connectivity index is 2.03. The molecule has 3 unspecified atom stereocenters. The lowest BCUT2D eigenvalue weighted by molar-refractivity contribution is -0.184. The van der Waals surface area contributed by atoms with Crippen molar-refractivity contribution in [1.29, 1.82) is 0 Å². The minimum absolute atomic E-state index is 0.0630. The van der Waals surface area contributed by atoms with E-state index in [4.69, 9.17) is 0 Å². The number of hydrogen-bond acceptors (Lipinski definition) is 2. The van der Waals surface area contributed by atoms with Crippen LogP contribution in [-0.2, 0) is 4.79 Å². The molecule has 27 heavy (non-hydrogen) atoms. The third-order valence-electron chi connectivity index (χ3n) is 4.84. The molecule has 1 aliphatic carbocycles. The summed E-state index contributed by atoms with van der Waals surface area (Å²) in [6, 6.07) is 3.82. The standard InChI is InChI=1S/C19H24F4N2O2/c1-11(2)16(25-17(26)14-8-3-4-9-15(14)20)18(27)24-13-7-5-6-12(10-13)19(21,22)23/h3-4,8-9,11-13,16H,5-7,10H2,1-2H3,(H,24,27)(H,25,26). The number of amides is 2. The SMILES string of the molecule is CC(C)C(NC(=O)c1ccccc1F)C(=O)NC1CCCC(C(F)(F)F)C1. The molecule has 1 fully saturated rings. The maximum absolute atomic E-state index is 13.8. The minimum Gasteiger partial charge on any atom is -0.352 e. The number of carbonyl (C=O) groups is 2.